The van der Waals surface area contributed by atoms with E-state index in [1.807, 2.05) is 6.92 Å². The van der Waals surface area contributed by atoms with Gasteiger partial charge in [-0.2, -0.15) is 0 Å². The van der Waals surface area contributed by atoms with Gasteiger partial charge in [-0.25, -0.2) is 4.39 Å². The fraction of sp³-hybridized carbons (Fsp3) is 0.462. The number of ketones is 1. The van der Waals surface area contributed by atoms with E-state index in [-0.39, 0.29) is 17.5 Å². The summed E-state index contributed by atoms with van der Waals surface area (Å²) >= 11 is 0. The molecule has 0 bridgehead atoms. The molecule has 1 aromatic carbocycles. The summed E-state index contributed by atoms with van der Waals surface area (Å²) < 4.78 is 18.8. The molecule has 0 fully saturated rings. The highest BCUT2D eigenvalue weighted by atomic mass is 19.1. The van der Waals surface area contributed by atoms with E-state index in [4.69, 9.17) is 4.74 Å². The number of rotatable bonds is 4. The molecule has 0 aliphatic rings. The molecule has 0 N–H and O–H groups in total. The number of ether oxygens (including phenoxy) is 1. The molecule has 2 nitrogen and oxygen atoms in total. The van der Waals surface area contributed by atoms with Gasteiger partial charge in [0.25, 0.3) is 0 Å². The first kappa shape index (κ1) is 12.7. The maximum Gasteiger partial charge on any atom is 0.136 e. The molecule has 16 heavy (non-hydrogen) atoms. The first-order valence-electron chi connectivity index (χ1n) is 5.31. The van der Waals surface area contributed by atoms with Crippen molar-refractivity contribution in [3.05, 3.63) is 29.1 Å². The second-order valence-corrected chi connectivity index (χ2v) is 4.19. The van der Waals surface area contributed by atoms with Crippen LogP contribution in [0.3, 0.4) is 0 Å². The van der Waals surface area contributed by atoms with Gasteiger partial charge < -0.3 is 4.74 Å². The number of Topliss-reactive ketones (excluding diaryl/α,β-unsaturated/α-hetero) is 1. The van der Waals surface area contributed by atoms with Crippen LogP contribution in [0.5, 0.6) is 5.75 Å². The summed E-state index contributed by atoms with van der Waals surface area (Å²) in [5, 5.41) is 0. The number of hydrogen-bond donors (Lipinski definition) is 0. The molecule has 0 amide bonds. The Bertz CT molecular complexity index is 399. The summed E-state index contributed by atoms with van der Waals surface area (Å²) in [5.41, 5.74) is 1.30. The van der Waals surface area contributed by atoms with Crippen molar-refractivity contribution in [2.75, 3.05) is 6.61 Å². The van der Waals surface area contributed by atoms with E-state index >= 15 is 0 Å². The van der Waals surface area contributed by atoms with Crippen LogP contribution in [0.2, 0.25) is 0 Å². The molecule has 0 aliphatic heterocycles. The maximum absolute atomic E-state index is 13.4. The van der Waals surface area contributed by atoms with Crippen LogP contribution in [0, 0.1) is 25.6 Å². The average molecular weight is 224 g/mol. The van der Waals surface area contributed by atoms with Gasteiger partial charge in [0.2, 0.25) is 0 Å². The fourth-order valence-electron chi connectivity index (χ4n) is 1.26. The molecule has 0 unspecified atom stereocenters. The third-order valence-corrected chi connectivity index (χ3v) is 2.62. The number of halogens is 1. The number of hydrogen-bond acceptors (Lipinski definition) is 2. The molecule has 88 valence electrons. The molecule has 0 saturated carbocycles. The Morgan fingerprint density at radius 2 is 2.06 bits per heavy atom. The Morgan fingerprint density at radius 3 is 2.62 bits per heavy atom. The van der Waals surface area contributed by atoms with E-state index in [0.29, 0.717) is 17.9 Å². The van der Waals surface area contributed by atoms with Crippen molar-refractivity contribution in [3.63, 3.8) is 0 Å². The highest BCUT2D eigenvalue weighted by molar-refractivity contribution is 5.78. The van der Waals surface area contributed by atoms with Gasteiger partial charge in [-0.05, 0) is 38.5 Å². The lowest BCUT2D eigenvalue weighted by Crippen LogP contribution is -2.16. The highest BCUT2D eigenvalue weighted by Crippen LogP contribution is 2.23. The lowest BCUT2D eigenvalue weighted by molar-refractivity contribution is -0.121. The maximum atomic E-state index is 13.4. The topological polar surface area (TPSA) is 26.3 Å². The highest BCUT2D eigenvalue weighted by Gasteiger charge is 2.11. The molecule has 1 atom stereocenters. The van der Waals surface area contributed by atoms with E-state index in [1.165, 1.54) is 13.0 Å². The number of aryl methyl sites for hydroxylation is 1. The average Bonchev–Trinajstić information content (AvgIpc) is 2.20. The molecule has 1 aromatic rings. The van der Waals surface area contributed by atoms with Crippen LogP contribution in [0.15, 0.2) is 12.1 Å². The van der Waals surface area contributed by atoms with Crippen molar-refractivity contribution in [3.8, 4) is 5.75 Å². The standard InChI is InChI=1S/C13H17FO2/c1-8-5-12(14)10(3)13(6-8)16-7-9(2)11(4)15/h5-6,9H,7H2,1-4H3/t9-/m0/s1. The third kappa shape index (κ3) is 3.05. The molecule has 0 heterocycles. The van der Waals surface area contributed by atoms with Crippen molar-refractivity contribution in [1.29, 1.82) is 0 Å². The lowest BCUT2D eigenvalue weighted by atomic mass is 10.1. The lowest BCUT2D eigenvalue weighted by Gasteiger charge is -2.13. The van der Waals surface area contributed by atoms with Gasteiger partial charge >= 0.3 is 0 Å². The van der Waals surface area contributed by atoms with E-state index in [1.54, 1.807) is 19.9 Å². The van der Waals surface area contributed by atoms with Crippen molar-refractivity contribution in [2.45, 2.75) is 27.7 Å². The second kappa shape index (κ2) is 5.10. The van der Waals surface area contributed by atoms with E-state index in [9.17, 15) is 9.18 Å². The molecule has 0 saturated heterocycles. The van der Waals surface area contributed by atoms with E-state index < -0.39 is 0 Å². The SMILES string of the molecule is CC(=O)[C@@H](C)COc1cc(C)cc(F)c1C. The molecular formula is C13H17FO2. The zero-order valence-corrected chi connectivity index (χ0v) is 10.1. The van der Waals surface area contributed by atoms with Gasteiger partial charge in [-0.3, -0.25) is 4.79 Å². The van der Waals surface area contributed by atoms with Crippen LogP contribution in [-0.2, 0) is 4.79 Å². The number of carbonyl (C=O) groups excluding carboxylic acids is 1. The number of carbonyl (C=O) groups is 1. The zero-order valence-electron chi connectivity index (χ0n) is 10.1. The van der Waals surface area contributed by atoms with Gasteiger partial charge in [-0.15, -0.1) is 0 Å². The Hall–Kier alpha value is -1.38. The minimum Gasteiger partial charge on any atom is -0.492 e. The molecule has 0 radical (unpaired) electrons. The van der Waals surface area contributed by atoms with Crippen LogP contribution in [0.25, 0.3) is 0 Å². The summed E-state index contributed by atoms with van der Waals surface area (Å²) in [7, 11) is 0. The van der Waals surface area contributed by atoms with Gasteiger partial charge in [-0.1, -0.05) is 6.92 Å². The molecule has 3 heteroatoms. The Kier molecular flexibility index (Phi) is 4.05. The molecule has 0 spiro atoms. The smallest absolute Gasteiger partial charge is 0.136 e. The van der Waals surface area contributed by atoms with Crippen LogP contribution in [0.1, 0.15) is 25.0 Å². The predicted molar refractivity (Wildman–Crippen MR) is 61.2 cm³/mol. The Morgan fingerprint density at radius 1 is 1.44 bits per heavy atom. The Balaban J connectivity index is 2.78. The zero-order chi connectivity index (χ0) is 12.3. The van der Waals surface area contributed by atoms with E-state index in [2.05, 4.69) is 0 Å². The number of benzene rings is 1. The van der Waals surface area contributed by atoms with E-state index in [0.717, 1.165) is 5.56 Å². The van der Waals surface area contributed by atoms with Crippen LogP contribution in [-0.4, -0.2) is 12.4 Å². The van der Waals surface area contributed by atoms with Crippen molar-refractivity contribution >= 4 is 5.78 Å². The van der Waals surface area contributed by atoms with Crippen LogP contribution < -0.4 is 4.74 Å². The Labute approximate surface area is 95.4 Å². The first-order valence-corrected chi connectivity index (χ1v) is 5.31. The summed E-state index contributed by atoms with van der Waals surface area (Å²) in [4.78, 5) is 11.0. The monoisotopic (exact) mass is 224 g/mol. The predicted octanol–water partition coefficient (Wildman–Crippen LogP) is 3.05. The van der Waals surface area contributed by atoms with Crippen molar-refractivity contribution in [1.82, 2.24) is 0 Å². The van der Waals surface area contributed by atoms with Gasteiger partial charge in [0, 0.05) is 11.5 Å². The quantitative estimate of drug-likeness (QED) is 0.785. The second-order valence-electron chi connectivity index (χ2n) is 4.19. The van der Waals surface area contributed by atoms with Gasteiger partial charge in [0.05, 0.1) is 6.61 Å². The molecule has 1 rings (SSSR count). The summed E-state index contributed by atoms with van der Waals surface area (Å²) in [6.45, 7) is 7.09. The third-order valence-electron chi connectivity index (χ3n) is 2.62. The fourth-order valence-corrected chi connectivity index (χ4v) is 1.26. The van der Waals surface area contributed by atoms with Crippen LogP contribution in [0.4, 0.5) is 4.39 Å². The van der Waals surface area contributed by atoms with Crippen LogP contribution >= 0.6 is 0 Å². The minimum absolute atomic E-state index is 0.0748. The normalized spacial score (nSPS) is 12.3. The molecule has 0 aliphatic carbocycles. The van der Waals surface area contributed by atoms with Gasteiger partial charge in [0.15, 0.2) is 0 Å². The van der Waals surface area contributed by atoms with Gasteiger partial charge in [0.1, 0.15) is 17.3 Å². The first-order chi connectivity index (χ1) is 7.41. The minimum atomic E-state index is -0.273. The largest absolute Gasteiger partial charge is 0.492 e. The molecular weight excluding hydrogens is 207 g/mol. The summed E-state index contributed by atoms with van der Waals surface area (Å²) in [6, 6.07) is 3.25. The van der Waals surface area contributed by atoms with Crippen molar-refractivity contribution < 1.29 is 13.9 Å². The summed E-state index contributed by atoms with van der Waals surface area (Å²) in [5.74, 6) is 0.157. The van der Waals surface area contributed by atoms with Crippen molar-refractivity contribution in [2.24, 2.45) is 5.92 Å². The summed E-state index contributed by atoms with van der Waals surface area (Å²) in [6.07, 6.45) is 0. The molecule has 0 aromatic heterocycles.